The lowest BCUT2D eigenvalue weighted by Crippen LogP contribution is -2.42. The van der Waals surface area contributed by atoms with Gasteiger partial charge in [-0.25, -0.2) is 14.3 Å². The summed E-state index contributed by atoms with van der Waals surface area (Å²) in [6.45, 7) is 2.40. The summed E-state index contributed by atoms with van der Waals surface area (Å²) in [5, 5.41) is 1.59. The zero-order valence-electron chi connectivity index (χ0n) is 10.6. The Hall–Kier alpha value is -0.960. The molecule has 8 heteroatoms. The van der Waals surface area contributed by atoms with Crippen LogP contribution in [0.3, 0.4) is 0 Å². The maximum absolute atomic E-state index is 12.6. The number of carbonyl (C=O) groups is 1. The molecule has 1 saturated heterocycles. The molecule has 1 fully saturated rings. The minimum absolute atomic E-state index is 0.0348. The molecule has 0 bridgehead atoms. The smallest absolute Gasteiger partial charge is 0.276 e. The molecule has 106 valence electrons. The van der Waals surface area contributed by atoms with Gasteiger partial charge in [0.15, 0.2) is 0 Å². The first-order valence-electron chi connectivity index (χ1n) is 6.08. The van der Waals surface area contributed by atoms with Crippen LogP contribution in [-0.2, 0) is 10.0 Å². The molecule has 1 aromatic rings. The summed E-state index contributed by atoms with van der Waals surface area (Å²) in [6, 6.07) is 1.43. The van der Waals surface area contributed by atoms with Gasteiger partial charge in [0.1, 0.15) is 9.77 Å². The van der Waals surface area contributed by atoms with Crippen molar-refractivity contribution in [1.29, 1.82) is 0 Å². The maximum Gasteiger partial charge on any atom is 0.276 e. The number of hydrazine groups is 1. The zero-order chi connectivity index (χ0) is 14.0. The van der Waals surface area contributed by atoms with Crippen molar-refractivity contribution >= 4 is 27.3 Å². The van der Waals surface area contributed by atoms with Crippen LogP contribution in [0.5, 0.6) is 0 Å². The van der Waals surface area contributed by atoms with Crippen LogP contribution in [0.15, 0.2) is 16.3 Å². The largest absolute Gasteiger partial charge is 0.289 e. The third-order valence-electron chi connectivity index (χ3n) is 3.30. The van der Waals surface area contributed by atoms with Crippen LogP contribution in [0.4, 0.5) is 0 Å². The first-order chi connectivity index (χ1) is 8.98. The van der Waals surface area contributed by atoms with Crippen LogP contribution < -0.4 is 11.3 Å². The summed E-state index contributed by atoms with van der Waals surface area (Å²) in [5.41, 5.74) is 1.98. The number of hydrogen-bond acceptors (Lipinski definition) is 5. The van der Waals surface area contributed by atoms with E-state index < -0.39 is 15.9 Å². The summed E-state index contributed by atoms with van der Waals surface area (Å²) in [5.74, 6) is 4.51. The number of amides is 1. The summed E-state index contributed by atoms with van der Waals surface area (Å²) >= 11 is 1.08. The van der Waals surface area contributed by atoms with E-state index in [0.717, 1.165) is 30.6 Å². The molecular weight excluding hydrogens is 286 g/mol. The van der Waals surface area contributed by atoms with Gasteiger partial charge in [0.25, 0.3) is 5.91 Å². The van der Waals surface area contributed by atoms with Crippen molar-refractivity contribution in [2.24, 2.45) is 5.84 Å². The Morgan fingerprint density at radius 2 is 2.26 bits per heavy atom. The molecule has 0 radical (unpaired) electrons. The first-order valence-corrected chi connectivity index (χ1v) is 8.40. The van der Waals surface area contributed by atoms with Crippen molar-refractivity contribution in [3.63, 3.8) is 0 Å². The lowest BCUT2D eigenvalue weighted by molar-refractivity contribution is 0.0954. The Kier molecular flexibility index (Phi) is 4.24. The highest BCUT2D eigenvalue weighted by molar-refractivity contribution is 7.89. The van der Waals surface area contributed by atoms with E-state index >= 15 is 0 Å². The van der Waals surface area contributed by atoms with E-state index in [0.29, 0.717) is 6.54 Å². The van der Waals surface area contributed by atoms with Gasteiger partial charge in [0, 0.05) is 12.6 Å². The number of carbonyl (C=O) groups excluding carboxylic acids is 1. The summed E-state index contributed by atoms with van der Waals surface area (Å²) in [7, 11) is -3.63. The van der Waals surface area contributed by atoms with Gasteiger partial charge in [0.2, 0.25) is 10.0 Å². The molecule has 6 nitrogen and oxygen atoms in total. The molecule has 1 aromatic heterocycles. The van der Waals surface area contributed by atoms with E-state index in [-0.39, 0.29) is 15.8 Å². The molecule has 1 aliphatic rings. The standard InChI is InChI=1S/C11H17N3O3S2/c1-8-4-2-3-6-14(8)19(16,17)9-5-7-18-10(9)11(15)13-12/h5,7-8H,2-4,6,12H2,1H3,(H,13,15)/t8-/m0/s1. The number of piperidine rings is 1. The predicted molar refractivity (Wildman–Crippen MR) is 73.2 cm³/mol. The third-order valence-corrected chi connectivity index (χ3v) is 6.39. The number of rotatable bonds is 3. The second kappa shape index (κ2) is 5.58. The minimum atomic E-state index is -3.63. The van der Waals surface area contributed by atoms with E-state index in [9.17, 15) is 13.2 Å². The molecule has 0 aliphatic carbocycles. The van der Waals surface area contributed by atoms with Gasteiger partial charge in [-0.2, -0.15) is 4.31 Å². The Morgan fingerprint density at radius 1 is 1.53 bits per heavy atom. The number of nitrogens with one attached hydrogen (secondary N) is 1. The number of thiophene rings is 1. The third kappa shape index (κ3) is 2.66. The number of nitrogen functional groups attached to an aromatic ring is 1. The lowest BCUT2D eigenvalue weighted by Gasteiger charge is -2.32. The van der Waals surface area contributed by atoms with Crippen molar-refractivity contribution in [2.75, 3.05) is 6.54 Å². The van der Waals surface area contributed by atoms with Crippen molar-refractivity contribution < 1.29 is 13.2 Å². The van der Waals surface area contributed by atoms with Crippen molar-refractivity contribution in [3.05, 3.63) is 16.3 Å². The molecule has 1 amide bonds. The molecule has 0 saturated carbocycles. The number of nitrogens with two attached hydrogens (primary N) is 1. The monoisotopic (exact) mass is 303 g/mol. The Labute approximate surface area is 116 Å². The van der Waals surface area contributed by atoms with Gasteiger partial charge >= 0.3 is 0 Å². The van der Waals surface area contributed by atoms with Gasteiger partial charge in [-0.05, 0) is 31.2 Å². The Morgan fingerprint density at radius 3 is 2.89 bits per heavy atom. The summed E-state index contributed by atoms with van der Waals surface area (Å²) in [4.78, 5) is 11.8. The predicted octanol–water partition coefficient (Wildman–Crippen LogP) is 0.915. The average molecular weight is 303 g/mol. The second-order valence-corrected chi connectivity index (χ2v) is 7.32. The van der Waals surface area contributed by atoms with E-state index in [1.807, 2.05) is 12.3 Å². The molecule has 19 heavy (non-hydrogen) atoms. The fourth-order valence-electron chi connectivity index (χ4n) is 2.29. The summed E-state index contributed by atoms with van der Waals surface area (Å²) in [6.07, 6.45) is 2.74. The highest BCUT2D eigenvalue weighted by Crippen LogP contribution is 2.29. The van der Waals surface area contributed by atoms with Crippen LogP contribution >= 0.6 is 11.3 Å². The molecule has 0 unspecified atom stereocenters. The summed E-state index contributed by atoms with van der Waals surface area (Å²) < 4.78 is 26.7. The molecule has 2 rings (SSSR count). The molecule has 1 aliphatic heterocycles. The van der Waals surface area contributed by atoms with Gasteiger partial charge in [-0.3, -0.25) is 10.2 Å². The highest BCUT2D eigenvalue weighted by Gasteiger charge is 2.34. The van der Waals surface area contributed by atoms with Crippen LogP contribution in [0.2, 0.25) is 0 Å². The number of sulfonamides is 1. The molecule has 2 heterocycles. The zero-order valence-corrected chi connectivity index (χ0v) is 12.3. The van der Waals surface area contributed by atoms with Gasteiger partial charge in [-0.15, -0.1) is 11.3 Å². The lowest BCUT2D eigenvalue weighted by atomic mass is 10.1. The second-order valence-electron chi connectivity index (χ2n) is 4.55. The molecule has 3 N–H and O–H groups in total. The van der Waals surface area contributed by atoms with E-state index in [1.54, 1.807) is 5.38 Å². The fraction of sp³-hybridized carbons (Fsp3) is 0.545. The minimum Gasteiger partial charge on any atom is -0.289 e. The van der Waals surface area contributed by atoms with Crippen molar-refractivity contribution in [2.45, 2.75) is 37.1 Å². The van der Waals surface area contributed by atoms with Gasteiger partial charge in [0.05, 0.1) is 0 Å². The number of hydrogen-bond donors (Lipinski definition) is 2. The average Bonchev–Trinajstić information content (AvgIpc) is 2.88. The quantitative estimate of drug-likeness (QED) is 0.493. The van der Waals surface area contributed by atoms with Gasteiger partial charge in [-0.1, -0.05) is 6.42 Å². The molecule has 1 atom stereocenters. The highest BCUT2D eigenvalue weighted by atomic mass is 32.2. The molecular formula is C11H17N3O3S2. The van der Waals surface area contributed by atoms with E-state index in [4.69, 9.17) is 5.84 Å². The molecule has 0 aromatic carbocycles. The van der Waals surface area contributed by atoms with E-state index in [2.05, 4.69) is 0 Å². The van der Waals surface area contributed by atoms with Crippen LogP contribution in [0, 0.1) is 0 Å². The fourth-order valence-corrected chi connectivity index (χ4v) is 5.29. The normalized spacial score (nSPS) is 21.3. The van der Waals surface area contributed by atoms with Crippen LogP contribution in [0.25, 0.3) is 0 Å². The van der Waals surface area contributed by atoms with Crippen LogP contribution in [0.1, 0.15) is 35.9 Å². The SMILES string of the molecule is C[C@H]1CCCCN1S(=O)(=O)c1ccsc1C(=O)NN. The Balaban J connectivity index is 2.39. The van der Waals surface area contributed by atoms with Gasteiger partial charge < -0.3 is 0 Å². The van der Waals surface area contributed by atoms with Crippen molar-refractivity contribution in [1.82, 2.24) is 9.73 Å². The topological polar surface area (TPSA) is 92.5 Å². The van der Waals surface area contributed by atoms with E-state index in [1.165, 1.54) is 10.4 Å². The maximum atomic E-state index is 12.6. The first kappa shape index (κ1) is 14.4. The van der Waals surface area contributed by atoms with Crippen LogP contribution in [-0.4, -0.2) is 31.2 Å². The van der Waals surface area contributed by atoms with Crippen molar-refractivity contribution in [3.8, 4) is 0 Å². The Bertz CT molecular complexity index is 567. The number of nitrogens with zero attached hydrogens (tertiary/aromatic N) is 1. The molecule has 0 spiro atoms.